The van der Waals surface area contributed by atoms with Crippen LogP contribution >= 0.6 is 61.5 Å². The molecule has 108 valence electrons. The van der Waals surface area contributed by atoms with E-state index in [4.69, 9.17) is 11.6 Å². The van der Waals surface area contributed by atoms with Gasteiger partial charge in [0.1, 0.15) is 0 Å². The lowest BCUT2D eigenvalue weighted by molar-refractivity contribution is 0.604. The van der Waals surface area contributed by atoms with Gasteiger partial charge in [-0.05, 0) is 88.2 Å². The van der Waals surface area contributed by atoms with Gasteiger partial charge in [0.15, 0.2) is 0 Å². The summed E-state index contributed by atoms with van der Waals surface area (Å²) in [6, 6.07) is 8.51. The van der Waals surface area contributed by atoms with Crippen molar-refractivity contribution in [2.24, 2.45) is 0 Å². The molecule has 0 fully saturated rings. The molecule has 1 nitrogen and oxygen atoms in total. The van der Waals surface area contributed by atoms with Gasteiger partial charge in [0.25, 0.3) is 0 Å². The van der Waals surface area contributed by atoms with Gasteiger partial charge in [-0.2, -0.15) is 0 Å². The maximum atomic E-state index is 6.18. The Morgan fingerprint density at radius 2 is 2.15 bits per heavy atom. The van der Waals surface area contributed by atoms with E-state index in [-0.39, 0.29) is 6.04 Å². The number of hydrogen-bond acceptors (Lipinski definition) is 2. The average molecular weight is 485 g/mol. The lowest BCUT2D eigenvalue weighted by atomic mass is 10.1. The molecule has 1 atom stereocenters. The van der Waals surface area contributed by atoms with E-state index in [0.29, 0.717) is 0 Å². The lowest BCUT2D eigenvalue weighted by Crippen LogP contribution is -2.23. The van der Waals surface area contributed by atoms with Crippen LogP contribution in [0.15, 0.2) is 28.7 Å². The second-order valence-electron chi connectivity index (χ2n) is 4.61. The fourth-order valence-electron chi connectivity index (χ4n) is 2.01. The zero-order valence-electron chi connectivity index (χ0n) is 11.3. The highest BCUT2D eigenvalue weighted by molar-refractivity contribution is 14.1. The third-order valence-corrected chi connectivity index (χ3v) is 6.45. The first-order valence-corrected chi connectivity index (χ1v) is 9.53. The van der Waals surface area contributed by atoms with Gasteiger partial charge >= 0.3 is 0 Å². The smallest absolute Gasteiger partial charge is 0.0682 e. The maximum absolute atomic E-state index is 6.18. The summed E-state index contributed by atoms with van der Waals surface area (Å²) in [7, 11) is 0. The molecule has 1 heterocycles. The van der Waals surface area contributed by atoms with Crippen LogP contribution in [-0.4, -0.2) is 6.54 Å². The van der Waals surface area contributed by atoms with Gasteiger partial charge in [-0.25, -0.2) is 0 Å². The minimum Gasteiger partial charge on any atom is -0.306 e. The minimum atomic E-state index is 0.204. The van der Waals surface area contributed by atoms with Crippen LogP contribution in [0.5, 0.6) is 0 Å². The summed E-state index contributed by atoms with van der Waals surface area (Å²) in [5.74, 6) is 0. The molecule has 0 radical (unpaired) electrons. The van der Waals surface area contributed by atoms with E-state index in [2.05, 4.69) is 75.9 Å². The van der Waals surface area contributed by atoms with Crippen LogP contribution in [0.25, 0.3) is 0 Å². The van der Waals surface area contributed by atoms with Crippen molar-refractivity contribution < 1.29 is 0 Å². The van der Waals surface area contributed by atoms with Gasteiger partial charge in [0, 0.05) is 22.8 Å². The number of hydrogen-bond donors (Lipinski definition) is 1. The number of halogens is 3. The fourth-order valence-corrected chi connectivity index (χ4v) is 4.50. The van der Waals surface area contributed by atoms with Gasteiger partial charge in [-0.3, -0.25) is 0 Å². The van der Waals surface area contributed by atoms with E-state index in [1.165, 1.54) is 23.4 Å². The Balaban J connectivity index is 2.43. The SMILES string of the molecule is CCCNC(c1cc(Br)c(C)s1)c1cc(Cl)ccc1I. The van der Waals surface area contributed by atoms with Crippen LogP contribution in [-0.2, 0) is 0 Å². The molecule has 0 aliphatic heterocycles. The highest BCUT2D eigenvalue weighted by atomic mass is 127. The van der Waals surface area contributed by atoms with Crippen LogP contribution in [0, 0.1) is 10.5 Å². The van der Waals surface area contributed by atoms with E-state index >= 15 is 0 Å². The van der Waals surface area contributed by atoms with Crippen LogP contribution in [0.1, 0.15) is 34.7 Å². The van der Waals surface area contributed by atoms with Gasteiger partial charge < -0.3 is 5.32 Å². The molecule has 0 saturated heterocycles. The van der Waals surface area contributed by atoms with Gasteiger partial charge in [0.2, 0.25) is 0 Å². The second-order valence-corrected chi connectivity index (χ2v) is 8.35. The molecule has 0 bridgehead atoms. The summed E-state index contributed by atoms with van der Waals surface area (Å²) in [5, 5.41) is 4.42. The van der Waals surface area contributed by atoms with E-state index in [1.54, 1.807) is 0 Å². The molecule has 0 saturated carbocycles. The van der Waals surface area contributed by atoms with Crippen molar-refractivity contribution in [1.29, 1.82) is 0 Å². The normalized spacial score (nSPS) is 12.7. The minimum absolute atomic E-state index is 0.204. The van der Waals surface area contributed by atoms with E-state index in [9.17, 15) is 0 Å². The van der Waals surface area contributed by atoms with Gasteiger partial charge in [-0.1, -0.05) is 18.5 Å². The summed E-state index contributed by atoms with van der Waals surface area (Å²) in [4.78, 5) is 2.63. The van der Waals surface area contributed by atoms with Gasteiger partial charge in [-0.15, -0.1) is 11.3 Å². The predicted molar refractivity (Wildman–Crippen MR) is 101 cm³/mol. The quantitative estimate of drug-likeness (QED) is 0.501. The average Bonchev–Trinajstić information content (AvgIpc) is 2.74. The molecule has 2 rings (SSSR count). The molecule has 0 amide bonds. The molecule has 0 aliphatic carbocycles. The molecule has 5 heteroatoms. The summed E-state index contributed by atoms with van der Waals surface area (Å²) in [5.41, 5.74) is 1.25. The molecule has 1 N–H and O–H groups in total. The standard InChI is InChI=1S/C15H16BrClINS/c1-3-6-19-15(14-8-12(16)9(2)20-14)11-7-10(17)4-5-13(11)18/h4-5,7-8,15,19H,3,6H2,1-2H3. The number of aryl methyl sites for hydroxylation is 1. The van der Waals surface area contributed by atoms with E-state index in [1.807, 2.05) is 17.4 Å². The number of thiophene rings is 1. The zero-order valence-corrected chi connectivity index (χ0v) is 16.7. The van der Waals surface area contributed by atoms with E-state index in [0.717, 1.165) is 18.0 Å². The van der Waals surface area contributed by atoms with Crippen molar-refractivity contribution in [3.8, 4) is 0 Å². The summed E-state index contributed by atoms with van der Waals surface area (Å²) in [6.45, 7) is 5.31. The second kappa shape index (κ2) is 7.58. The zero-order chi connectivity index (χ0) is 14.7. The molecular weight excluding hydrogens is 469 g/mol. The number of benzene rings is 1. The van der Waals surface area contributed by atoms with Crippen molar-refractivity contribution in [3.05, 3.63) is 52.6 Å². The number of nitrogens with one attached hydrogen (secondary N) is 1. The van der Waals surface area contributed by atoms with Crippen molar-refractivity contribution in [2.75, 3.05) is 6.54 Å². The van der Waals surface area contributed by atoms with Gasteiger partial charge in [0.05, 0.1) is 6.04 Å². The third kappa shape index (κ3) is 3.97. The summed E-state index contributed by atoms with van der Waals surface area (Å²) < 4.78 is 2.42. The molecule has 0 spiro atoms. The molecule has 1 unspecified atom stereocenters. The topological polar surface area (TPSA) is 12.0 Å². The molecule has 0 aliphatic rings. The highest BCUT2D eigenvalue weighted by Crippen LogP contribution is 2.36. The van der Waals surface area contributed by atoms with Crippen molar-refractivity contribution >= 4 is 61.5 Å². The van der Waals surface area contributed by atoms with Crippen molar-refractivity contribution in [1.82, 2.24) is 5.32 Å². The third-order valence-electron chi connectivity index (χ3n) is 3.03. The first kappa shape index (κ1) is 16.7. The Morgan fingerprint density at radius 3 is 2.75 bits per heavy atom. The molecule has 2 aromatic rings. The van der Waals surface area contributed by atoms with Crippen molar-refractivity contribution in [3.63, 3.8) is 0 Å². The maximum Gasteiger partial charge on any atom is 0.0682 e. The largest absolute Gasteiger partial charge is 0.306 e. The van der Waals surface area contributed by atoms with Crippen molar-refractivity contribution in [2.45, 2.75) is 26.3 Å². The van der Waals surface area contributed by atoms with Crippen LogP contribution in [0.4, 0.5) is 0 Å². The fraction of sp³-hybridized carbons (Fsp3) is 0.333. The van der Waals surface area contributed by atoms with Crippen LogP contribution in [0.3, 0.4) is 0 Å². The Kier molecular flexibility index (Phi) is 6.35. The summed E-state index contributed by atoms with van der Waals surface area (Å²) >= 11 is 14.0. The molecular formula is C15H16BrClINS. The van der Waals surface area contributed by atoms with Crippen LogP contribution in [0.2, 0.25) is 5.02 Å². The number of rotatable bonds is 5. The Hall–Kier alpha value is 0.380. The Bertz CT molecular complexity index is 580. The first-order chi connectivity index (χ1) is 9.52. The molecule has 1 aromatic carbocycles. The Morgan fingerprint density at radius 1 is 1.40 bits per heavy atom. The van der Waals surface area contributed by atoms with E-state index < -0.39 is 0 Å². The highest BCUT2D eigenvalue weighted by Gasteiger charge is 2.19. The van der Waals surface area contributed by atoms with Crippen LogP contribution < -0.4 is 5.32 Å². The monoisotopic (exact) mass is 483 g/mol. The summed E-state index contributed by atoms with van der Waals surface area (Å²) in [6.07, 6.45) is 1.11. The molecule has 1 aromatic heterocycles. The first-order valence-electron chi connectivity index (χ1n) is 6.47. The Labute approximate surface area is 151 Å². The lowest BCUT2D eigenvalue weighted by Gasteiger charge is -2.19. The predicted octanol–water partition coefficient (Wildman–Crippen LogP) is 6.17. The molecule has 20 heavy (non-hydrogen) atoms.